The molecule has 0 aliphatic carbocycles. The van der Waals surface area contributed by atoms with Crippen LogP contribution in [0, 0.1) is 5.41 Å². The fourth-order valence-corrected chi connectivity index (χ4v) is 2.45. The monoisotopic (exact) mass is 279 g/mol. The molecule has 0 saturated carbocycles. The van der Waals surface area contributed by atoms with Gasteiger partial charge in [-0.25, -0.2) is 0 Å². The summed E-state index contributed by atoms with van der Waals surface area (Å²) >= 11 is 5.05. The number of hydrogen-bond acceptors (Lipinski definition) is 3. The number of amides is 1. The lowest BCUT2D eigenvalue weighted by Crippen LogP contribution is -2.48. The molecular weight excluding hydrogens is 258 g/mol. The number of aromatic nitrogens is 1. The molecule has 0 aromatic carbocycles. The standard InChI is InChI=1S/C14H21N3OS/c1-3-14(4-2,12(15)19)13(18)17-9-7-11-6-5-8-16-10-11/h5-6,8,10H,3-4,7,9H2,1-2H3,(H2,15,19)(H,17,18). The summed E-state index contributed by atoms with van der Waals surface area (Å²) in [6.45, 7) is 4.43. The molecule has 0 spiro atoms. The van der Waals surface area contributed by atoms with Crippen LogP contribution in [-0.4, -0.2) is 22.4 Å². The van der Waals surface area contributed by atoms with Gasteiger partial charge in [0.05, 0.1) is 10.4 Å². The Labute approximate surface area is 119 Å². The minimum absolute atomic E-state index is 0.0751. The highest BCUT2D eigenvalue weighted by atomic mass is 32.1. The molecular formula is C14H21N3OS. The highest BCUT2D eigenvalue weighted by molar-refractivity contribution is 7.80. The maximum Gasteiger partial charge on any atom is 0.233 e. The van der Waals surface area contributed by atoms with E-state index in [0.29, 0.717) is 19.4 Å². The van der Waals surface area contributed by atoms with Crippen LogP contribution in [0.2, 0.25) is 0 Å². The number of nitrogens with one attached hydrogen (secondary N) is 1. The maximum atomic E-state index is 12.3. The average Bonchev–Trinajstić information content (AvgIpc) is 2.41. The Bertz CT molecular complexity index is 430. The molecule has 0 atom stereocenters. The van der Waals surface area contributed by atoms with E-state index in [2.05, 4.69) is 10.3 Å². The van der Waals surface area contributed by atoms with Crippen LogP contribution >= 0.6 is 12.2 Å². The molecule has 0 saturated heterocycles. The number of thiocarbonyl (C=S) groups is 1. The number of rotatable bonds is 7. The molecule has 0 aliphatic heterocycles. The molecule has 0 bridgehead atoms. The SMILES string of the molecule is CCC(CC)(C(=O)NCCc1cccnc1)C(N)=S. The zero-order valence-electron chi connectivity index (χ0n) is 11.5. The van der Waals surface area contributed by atoms with E-state index in [-0.39, 0.29) is 10.9 Å². The molecule has 4 nitrogen and oxygen atoms in total. The Balaban J connectivity index is 2.57. The number of carbonyl (C=O) groups excluding carboxylic acids is 1. The molecule has 0 radical (unpaired) electrons. The van der Waals surface area contributed by atoms with Crippen LogP contribution in [0.1, 0.15) is 32.3 Å². The lowest BCUT2D eigenvalue weighted by atomic mass is 9.81. The molecule has 0 unspecified atom stereocenters. The van der Waals surface area contributed by atoms with E-state index in [1.807, 2.05) is 26.0 Å². The van der Waals surface area contributed by atoms with Crippen molar-refractivity contribution < 1.29 is 4.79 Å². The zero-order valence-corrected chi connectivity index (χ0v) is 12.3. The molecule has 1 aromatic rings. The number of nitrogens with zero attached hydrogens (tertiary/aromatic N) is 1. The van der Waals surface area contributed by atoms with Crippen molar-refractivity contribution in [1.29, 1.82) is 0 Å². The van der Waals surface area contributed by atoms with E-state index in [9.17, 15) is 4.79 Å². The van der Waals surface area contributed by atoms with Gasteiger partial charge in [-0.05, 0) is 30.9 Å². The van der Waals surface area contributed by atoms with Crippen LogP contribution in [0.5, 0.6) is 0 Å². The summed E-state index contributed by atoms with van der Waals surface area (Å²) in [4.78, 5) is 16.6. The van der Waals surface area contributed by atoms with Gasteiger partial charge in [0.1, 0.15) is 0 Å². The van der Waals surface area contributed by atoms with Gasteiger partial charge < -0.3 is 11.1 Å². The third-order valence-corrected chi connectivity index (χ3v) is 3.93. The van der Waals surface area contributed by atoms with Crippen molar-refractivity contribution in [1.82, 2.24) is 10.3 Å². The van der Waals surface area contributed by atoms with E-state index in [4.69, 9.17) is 18.0 Å². The summed E-state index contributed by atoms with van der Waals surface area (Å²) in [5, 5.41) is 2.92. The van der Waals surface area contributed by atoms with Crippen molar-refractivity contribution in [3.8, 4) is 0 Å². The zero-order chi connectivity index (χ0) is 14.3. The third kappa shape index (κ3) is 3.73. The van der Waals surface area contributed by atoms with Crippen LogP contribution in [0.25, 0.3) is 0 Å². The predicted molar refractivity (Wildman–Crippen MR) is 80.8 cm³/mol. The van der Waals surface area contributed by atoms with E-state index < -0.39 is 5.41 Å². The predicted octanol–water partition coefficient (Wildman–Crippen LogP) is 1.83. The number of pyridine rings is 1. The molecule has 1 aromatic heterocycles. The maximum absolute atomic E-state index is 12.3. The molecule has 0 aliphatic rings. The molecule has 3 N–H and O–H groups in total. The van der Waals surface area contributed by atoms with E-state index in [1.54, 1.807) is 12.4 Å². The van der Waals surface area contributed by atoms with Crippen LogP contribution in [-0.2, 0) is 11.2 Å². The summed E-state index contributed by atoms with van der Waals surface area (Å²) in [6, 6.07) is 3.87. The van der Waals surface area contributed by atoms with Crippen LogP contribution in [0.4, 0.5) is 0 Å². The molecule has 0 fully saturated rings. The van der Waals surface area contributed by atoms with Gasteiger partial charge in [0.15, 0.2) is 0 Å². The van der Waals surface area contributed by atoms with E-state index in [1.165, 1.54) is 0 Å². The summed E-state index contributed by atoms with van der Waals surface area (Å²) in [7, 11) is 0. The van der Waals surface area contributed by atoms with Crippen molar-refractivity contribution in [2.45, 2.75) is 33.1 Å². The molecule has 1 rings (SSSR count). The molecule has 1 heterocycles. The topological polar surface area (TPSA) is 68.0 Å². The van der Waals surface area contributed by atoms with Gasteiger partial charge in [-0.3, -0.25) is 9.78 Å². The molecule has 104 valence electrons. The first-order valence-electron chi connectivity index (χ1n) is 6.54. The largest absolute Gasteiger partial charge is 0.392 e. The summed E-state index contributed by atoms with van der Waals surface area (Å²) in [6.07, 6.45) is 5.52. The van der Waals surface area contributed by atoms with E-state index in [0.717, 1.165) is 12.0 Å². The van der Waals surface area contributed by atoms with Crippen molar-refractivity contribution in [2.24, 2.45) is 11.1 Å². The fourth-order valence-electron chi connectivity index (χ4n) is 2.07. The molecule has 19 heavy (non-hydrogen) atoms. The summed E-state index contributed by atoms with van der Waals surface area (Å²) in [5.74, 6) is -0.0751. The first-order valence-corrected chi connectivity index (χ1v) is 6.94. The Morgan fingerprint density at radius 2 is 2.16 bits per heavy atom. The Morgan fingerprint density at radius 3 is 2.63 bits per heavy atom. The van der Waals surface area contributed by atoms with Crippen molar-refractivity contribution in [2.75, 3.05) is 6.54 Å². The Morgan fingerprint density at radius 1 is 1.47 bits per heavy atom. The minimum Gasteiger partial charge on any atom is -0.392 e. The van der Waals surface area contributed by atoms with Gasteiger partial charge in [-0.15, -0.1) is 0 Å². The second-order valence-electron chi connectivity index (χ2n) is 4.52. The van der Waals surface area contributed by atoms with Crippen molar-refractivity contribution in [3.05, 3.63) is 30.1 Å². The Kier molecular flexibility index (Phi) is 5.89. The quantitative estimate of drug-likeness (QED) is 0.747. The van der Waals surface area contributed by atoms with Gasteiger partial charge in [-0.1, -0.05) is 32.1 Å². The van der Waals surface area contributed by atoms with Gasteiger partial charge in [0, 0.05) is 18.9 Å². The van der Waals surface area contributed by atoms with Crippen molar-refractivity contribution >= 4 is 23.1 Å². The van der Waals surface area contributed by atoms with Crippen LogP contribution in [0.15, 0.2) is 24.5 Å². The normalized spacial score (nSPS) is 11.1. The third-order valence-electron chi connectivity index (χ3n) is 3.54. The summed E-state index contributed by atoms with van der Waals surface area (Å²) < 4.78 is 0. The highest BCUT2D eigenvalue weighted by Crippen LogP contribution is 2.27. The van der Waals surface area contributed by atoms with Gasteiger partial charge in [0.2, 0.25) is 5.91 Å². The van der Waals surface area contributed by atoms with Gasteiger partial charge >= 0.3 is 0 Å². The molecule has 1 amide bonds. The molecule has 5 heteroatoms. The number of hydrogen-bond donors (Lipinski definition) is 2. The van der Waals surface area contributed by atoms with Crippen LogP contribution in [0.3, 0.4) is 0 Å². The summed E-state index contributed by atoms with van der Waals surface area (Å²) in [5.41, 5.74) is 6.11. The lowest BCUT2D eigenvalue weighted by molar-refractivity contribution is -0.127. The van der Waals surface area contributed by atoms with Crippen molar-refractivity contribution in [3.63, 3.8) is 0 Å². The second-order valence-corrected chi connectivity index (χ2v) is 4.96. The second kappa shape index (κ2) is 7.19. The first-order chi connectivity index (χ1) is 9.06. The minimum atomic E-state index is -0.718. The van der Waals surface area contributed by atoms with E-state index >= 15 is 0 Å². The first kappa shape index (κ1) is 15.6. The number of nitrogens with two attached hydrogens (primary N) is 1. The average molecular weight is 279 g/mol. The van der Waals surface area contributed by atoms with Gasteiger partial charge in [0.25, 0.3) is 0 Å². The number of carbonyl (C=O) groups is 1. The van der Waals surface area contributed by atoms with Crippen LogP contribution < -0.4 is 11.1 Å². The Hall–Kier alpha value is -1.49. The fraction of sp³-hybridized carbons (Fsp3) is 0.500. The highest BCUT2D eigenvalue weighted by Gasteiger charge is 2.37. The van der Waals surface area contributed by atoms with Gasteiger partial charge in [-0.2, -0.15) is 0 Å². The smallest absolute Gasteiger partial charge is 0.233 e. The lowest BCUT2D eigenvalue weighted by Gasteiger charge is -2.28.